The van der Waals surface area contributed by atoms with Gasteiger partial charge in [-0.05, 0) is 99.3 Å². The number of ether oxygens (including phenoxy) is 1. The van der Waals surface area contributed by atoms with Gasteiger partial charge in [0.05, 0.1) is 7.11 Å². The van der Waals surface area contributed by atoms with E-state index in [4.69, 9.17) is 4.74 Å². The van der Waals surface area contributed by atoms with E-state index in [0.29, 0.717) is 12.1 Å². The second-order valence-corrected chi connectivity index (χ2v) is 8.98. The van der Waals surface area contributed by atoms with E-state index in [1.54, 1.807) is 13.2 Å². The second kappa shape index (κ2) is 11.7. The molecule has 0 aromatic heterocycles. The number of anilines is 1. The molecule has 0 aliphatic rings. The predicted molar refractivity (Wildman–Crippen MR) is 140 cm³/mol. The van der Waals surface area contributed by atoms with Crippen LogP contribution in [0.1, 0.15) is 45.2 Å². The van der Waals surface area contributed by atoms with Crippen molar-refractivity contribution in [2.75, 3.05) is 19.0 Å². The van der Waals surface area contributed by atoms with Gasteiger partial charge in [0, 0.05) is 23.8 Å². The molecule has 1 N–H and O–H groups in total. The van der Waals surface area contributed by atoms with Crippen molar-refractivity contribution in [3.8, 4) is 5.75 Å². The third-order valence-electron chi connectivity index (χ3n) is 5.94. The third kappa shape index (κ3) is 6.93. The number of hydrogen-bond acceptors (Lipinski definition) is 3. The van der Waals surface area contributed by atoms with Gasteiger partial charge in [-0.15, -0.1) is 0 Å². The van der Waals surface area contributed by atoms with E-state index in [1.165, 1.54) is 5.39 Å². The first kappa shape index (κ1) is 24.5. The lowest BCUT2D eigenvalue weighted by Gasteiger charge is -2.30. The SMILES string of the molecule is COc1ccc(NC(=O)/C=C/c2ccc3ccccc3c2)cc1CCCN(C(C)C)C(C)C. The third-order valence-corrected chi connectivity index (χ3v) is 5.94. The number of amides is 1. The molecule has 0 unspecified atom stereocenters. The van der Waals surface area contributed by atoms with Crippen molar-refractivity contribution in [3.63, 3.8) is 0 Å². The topological polar surface area (TPSA) is 41.6 Å². The molecule has 33 heavy (non-hydrogen) atoms. The highest BCUT2D eigenvalue weighted by atomic mass is 16.5. The lowest BCUT2D eigenvalue weighted by molar-refractivity contribution is -0.111. The molecule has 3 rings (SSSR count). The molecule has 0 heterocycles. The van der Waals surface area contributed by atoms with Gasteiger partial charge in [0.25, 0.3) is 0 Å². The fraction of sp³-hybridized carbons (Fsp3) is 0.345. The van der Waals surface area contributed by atoms with E-state index >= 15 is 0 Å². The molecule has 0 radical (unpaired) electrons. The van der Waals surface area contributed by atoms with Crippen LogP contribution in [0, 0.1) is 0 Å². The Balaban J connectivity index is 1.63. The minimum absolute atomic E-state index is 0.148. The standard InChI is InChI=1S/C29H36N2O2/c1-21(2)31(22(3)4)18-8-11-26-20-27(15-16-28(26)33-5)30-29(32)17-13-23-12-14-24-9-6-7-10-25(24)19-23/h6-7,9-10,12-17,19-22H,8,11,18H2,1-5H3,(H,30,32)/b17-13+. The van der Waals surface area contributed by atoms with Gasteiger partial charge in [-0.25, -0.2) is 0 Å². The van der Waals surface area contributed by atoms with E-state index in [1.807, 2.05) is 42.5 Å². The van der Waals surface area contributed by atoms with Crippen LogP contribution in [0.25, 0.3) is 16.8 Å². The maximum Gasteiger partial charge on any atom is 0.248 e. The van der Waals surface area contributed by atoms with Gasteiger partial charge in [0.1, 0.15) is 5.75 Å². The molecule has 174 valence electrons. The Labute approximate surface area is 198 Å². The number of nitrogens with zero attached hydrogens (tertiary/aromatic N) is 1. The summed E-state index contributed by atoms with van der Waals surface area (Å²) in [6.45, 7) is 9.98. The average molecular weight is 445 g/mol. The highest BCUT2D eigenvalue weighted by Gasteiger charge is 2.13. The summed E-state index contributed by atoms with van der Waals surface area (Å²) in [5, 5.41) is 5.34. The molecule has 0 bridgehead atoms. The molecule has 0 fully saturated rings. The summed E-state index contributed by atoms with van der Waals surface area (Å²) in [5.74, 6) is 0.713. The van der Waals surface area contributed by atoms with Crippen molar-refractivity contribution in [2.45, 2.75) is 52.6 Å². The molecule has 0 aliphatic carbocycles. The number of fused-ring (bicyclic) bond motifs is 1. The summed E-state index contributed by atoms with van der Waals surface area (Å²) in [6, 6.07) is 21.3. The Bertz CT molecular complexity index is 1090. The Morgan fingerprint density at radius 1 is 0.970 bits per heavy atom. The van der Waals surface area contributed by atoms with Crippen molar-refractivity contribution in [1.29, 1.82) is 0 Å². The predicted octanol–water partition coefficient (Wildman–Crippen LogP) is 6.55. The van der Waals surface area contributed by atoms with E-state index in [9.17, 15) is 4.79 Å². The van der Waals surface area contributed by atoms with Crippen LogP contribution >= 0.6 is 0 Å². The normalized spacial score (nSPS) is 11.8. The molecule has 4 nitrogen and oxygen atoms in total. The van der Waals surface area contributed by atoms with Crippen LogP contribution in [0.2, 0.25) is 0 Å². The molecule has 0 spiro atoms. The van der Waals surface area contributed by atoms with Crippen LogP contribution in [0.3, 0.4) is 0 Å². The van der Waals surface area contributed by atoms with Gasteiger partial charge in [0.15, 0.2) is 0 Å². The molecular weight excluding hydrogens is 408 g/mol. The van der Waals surface area contributed by atoms with Crippen LogP contribution < -0.4 is 10.1 Å². The number of nitrogens with one attached hydrogen (secondary N) is 1. The Morgan fingerprint density at radius 3 is 2.39 bits per heavy atom. The maximum atomic E-state index is 12.5. The molecule has 0 saturated heterocycles. The molecular formula is C29H36N2O2. The summed E-state index contributed by atoms with van der Waals surface area (Å²) in [7, 11) is 1.69. The summed E-state index contributed by atoms with van der Waals surface area (Å²) in [5.41, 5.74) is 2.89. The van der Waals surface area contributed by atoms with E-state index in [-0.39, 0.29) is 5.91 Å². The lowest BCUT2D eigenvalue weighted by Crippen LogP contribution is -2.37. The van der Waals surface area contributed by atoms with Crippen molar-refractivity contribution in [2.24, 2.45) is 0 Å². The first-order valence-electron chi connectivity index (χ1n) is 11.8. The fourth-order valence-corrected chi connectivity index (χ4v) is 4.28. The van der Waals surface area contributed by atoms with E-state index in [2.05, 4.69) is 62.2 Å². The Morgan fingerprint density at radius 2 is 1.70 bits per heavy atom. The number of benzene rings is 3. The lowest BCUT2D eigenvalue weighted by atomic mass is 10.1. The van der Waals surface area contributed by atoms with Gasteiger partial charge in [-0.3, -0.25) is 9.69 Å². The van der Waals surface area contributed by atoms with Crippen LogP contribution in [0.15, 0.2) is 66.7 Å². The number of carbonyl (C=O) groups is 1. The van der Waals surface area contributed by atoms with Crippen molar-refractivity contribution >= 4 is 28.4 Å². The Kier molecular flexibility index (Phi) is 8.67. The minimum atomic E-state index is -0.148. The molecule has 1 amide bonds. The summed E-state index contributed by atoms with van der Waals surface area (Å²) >= 11 is 0. The van der Waals surface area contributed by atoms with Crippen LogP contribution in [-0.4, -0.2) is 36.5 Å². The summed E-state index contributed by atoms with van der Waals surface area (Å²) < 4.78 is 5.56. The monoisotopic (exact) mass is 444 g/mol. The van der Waals surface area contributed by atoms with Gasteiger partial charge in [-0.2, -0.15) is 0 Å². The van der Waals surface area contributed by atoms with Crippen LogP contribution in [-0.2, 0) is 11.2 Å². The molecule has 3 aromatic rings. The van der Waals surface area contributed by atoms with Crippen molar-refractivity contribution < 1.29 is 9.53 Å². The number of methoxy groups -OCH3 is 1. The molecule has 4 heteroatoms. The molecule has 3 aromatic carbocycles. The largest absolute Gasteiger partial charge is 0.496 e. The fourth-order valence-electron chi connectivity index (χ4n) is 4.28. The zero-order valence-electron chi connectivity index (χ0n) is 20.5. The number of hydrogen-bond donors (Lipinski definition) is 1. The highest BCUT2D eigenvalue weighted by Crippen LogP contribution is 2.25. The van der Waals surface area contributed by atoms with Crippen LogP contribution in [0.4, 0.5) is 5.69 Å². The first-order valence-corrected chi connectivity index (χ1v) is 11.8. The highest BCUT2D eigenvalue weighted by molar-refractivity contribution is 6.02. The minimum Gasteiger partial charge on any atom is -0.496 e. The second-order valence-electron chi connectivity index (χ2n) is 8.98. The van der Waals surface area contributed by atoms with Gasteiger partial charge >= 0.3 is 0 Å². The van der Waals surface area contributed by atoms with Gasteiger partial charge in [0.2, 0.25) is 5.91 Å². The van der Waals surface area contributed by atoms with Gasteiger partial charge < -0.3 is 10.1 Å². The quantitative estimate of drug-likeness (QED) is 0.360. The Hall–Kier alpha value is -3.11. The van der Waals surface area contributed by atoms with E-state index < -0.39 is 0 Å². The van der Waals surface area contributed by atoms with Gasteiger partial charge in [-0.1, -0.05) is 36.4 Å². The molecule has 0 atom stereocenters. The zero-order valence-corrected chi connectivity index (χ0v) is 20.5. The smallest absolute Gasteiger partial charge is 0.248 e. The molecule has 0 aliphatic heterocycles. The average Bonchev–Trinajstić information content (AvgIpc) is 2.80. The number of aryl methyl sites for hydroxylation is 1. The van der Waals surface area contributed by atoms with Crippen molar-refractivity contribution in [1.82, 2.24) is 4.90 Å². The van der Waals surface area contributed by atoms with Crippen molar-refractivity contribution in [3.05, 3.63) is 77.9 Å². The zero-order chi connectivity index (χ0) is 23.8. The number of carbonyl (C=O) groups excluding carboxylic acids is 1. The maximum absolute atomic E-state index is 12.5. The van der Waals surface area contributed by atoms with Crippen LogP contribution in [0.5, 0.6) is 5.75 Å². The number of rotatable bonds is 10. The summed E-state index contributed by atoms with van der Waals surface area (Å²) in [4.78, 5) is 15.0. The van der Waals surface area contributed by atoms with E-state index in [0.717, 1.165) is 47.3 Å². The summed E-state index contributed by atoms with van der Waals surface area (Å²) in [6.07, 6.45) is 5.36. The first-order chi connectivity index (χ1) is 15.9. The molecule has 0 saturated carbocycles.